The highest BCUT2D eigenvalue weighted by molar-refractivity contribution is 5.91. The lowest BCUT2D eigenvalue weighted by molar-refractivity contribution is -0.128. The predicted octanol–water partition coefficient (Wildman–Crippen LogP) is 2.56. The second kappa shape index (κ2) is 6.45. The topological polar surface area (TPSA) is 47.6 Å². The first-order chi connectivity index (χ1) is 11.7. The molecule has 5 heteroatoms. The van der Waals surface area contributed by atoms with Crippen LogP contribution >= 0.6 is 0 Å². The fourth-order valence-electron chi connectivity index (χ4n) is 3.50. The molecule has 4 rings (SSSR count). The Morgan fingerprint density at radius 1 is 1.29 bits per heavy atom. The van der Waals surface area contributed by atoms with Crippen LogP contribution < -0.4 is 5.32 Å². The Kier molecular flexibility index (Phi) is 4.31. The average Bonchev–Trinajstić information content (AvgIpc) is 3.48. The zero-order valence-corrected chi connectivity index (χ0v) is 13.8. The predicted molar refractivity (Wildman–Crippen MR) is 87.1 cm³/mol. The van der Waals surface area contributed by atoms with E-state index in [9.17, 15) is 9.18 Å². The molecular formula is C19H24FNO3. The number of nitrogens with one attached hydrogen (secondary N) is 1. The maximum atomic E-state index is 14.1. The van der Waals surface area contributed by atoms with Crippen LogP contribution in [0.15, 0.2) is 24.3 Å². The number of rotatable bonds is 6. The first-order valence-electron chi connectivity index (χ1n) is 8.94. The van der Waals surface area contributed by atoms with Crippen LogP contribution in [0.5, 0.6) is 0 Å². The minimum absolute atomic E-state index is 0.000259. The Hall–Kier alpha value is -1.46. The largest absolute Gasteiger partial charge is 0.379 e. The van der Waals surface area contributed by atoms with Gasteiger partial charge >= 0.3 is 0 Å². The van der Waals surface area contributed by atoms with E-state index in [-0.39, 0.29) is 23.9 Å². The highest BCUT2D eigenvalue weighted by Crippen LogP contribution is 2.49. The summed E-state index contributed by atoms with van der Waals surface area (Å²) in [7, 11) is 0. The third-order valence-corrected chi connectivity index (χ3v) is 5.43. The fraction of sp³-hybridized carbons (Fsp3) is 0.632. The molecule has 1 N–H and O–H groups in total. The molecule has 1 saturated heterocycles. The van der Waals surface area contributed by atoms with E-state index in [1.165, 1.54) is 18.9 Å². The molecule has 1 amide bonds. The van der Waals surface area contributed by atoms with Crippen molar-refractivity contribution in [1.29, 1.82) is 0 Å². The Morgan fingerprint density at radius 3 is 2.79 bits per heavy atom. The summed E-state index contributed by atoms with van der Waals surface area (Å²) >= 11 is 0. The molecule has 0 spiro atoms. The molecule has 3 fully saturated rings. The maximum Gasteiger partial charge on any atom is 0.231 e. The lowest BCUT2D eigenvalue weighted by Crippen LogP contribution is -2.53. The van der Waals surface area contributed by atoms with Crippen LogP contribution in [0.3, 0.4) is 0 Å². The molecule has 130 valence electrons. The van der Waals surface area contributed by atoms with Gasteiger partial charge in [0.15, 0.2) is 0 Å². The monoisotopic (exact) mass is 333 g/mol. The number of benzene rings is 1. The van der Waals surface area contributed by atoms with Crippen molar-refractivity contribution in [2.75, 3.05) is 19.8 Å². The first-order valence-corrected chi connectivity index (χ1v) is 8.94. The highest BCUT2D eigenvalue weighted by Gasteiger charge is 2.53. The van der Waals surface area contributed by atoms with Gasteiger partial charge in [-0.3, -0.25) is 4.79 Å². The maximum absolute atomic E-state index is 14.1. The van der Waals surface area contributed by atoms with Crippen molar-refractivity contribution in [1.82, 2.24) is 5.32 Å². The SMILES string of the molecule is O=C(N[C@@H]1COCC[C@@H]1OCC1CC1)C1(c2ccccc2F)CC1. The number of amides is 1. The minimum atomic E-state index is -0.705. The number of carbonyl (C=O) groups excluding carboxylic acids is 1. The minimum Gasteiger partial charge on any atom is -0.379 e. The number of hydrogen-bond donors (Lipinski definition) is 1. The van der Waals surface area contributed by atoms with Crippen molar-refractivity contribution in [3.63, 3.8) is 0 Å². The number of hydrogen-bond acceptors (Lipinski definition) is 3. The van der Waals surface area contributed by atoms with Crippen LogP contribution in [0.4, 0.5) is 4.39 Å². The normalized spacial score (nSPS) is 28.4. The van der Waals surface area contributed by atoms with Crippen molar-refractivity contribution < 1.29 is 18.7 Å². The van der Waals surface area contributed by atoms with Crippen molar-refractivity contribution in [3.05, 3.63) is 35.6 Å². The summed E-state index contributed by atoms with van der Waals surface area (Å²) in [6, 6.07) is 6.45. The molecule has 2 atom stereocenters. The summed E-state index contributed by atoms with van der Waals surface area (Å²) in [6.45, 7) is 1.91. The zero-order chi connectivity index (χ0) is 16.6. The van der Waals surface area contributed by atoms with Crippen molar-refractivity contribution in [2.24, 2.45) is 5.92 Å². The molecular weight excluding hydrogens is 309 g/mol. The van der Waals surface area contributed by atoms with Gasteiger partial charge in [-0.1, -0.05) is 18.2 Å². The third-order valence-electron chi connectivity index (χ3n) is 5.43. The molecule has 3 aliphatic rings. The van der Waals surface area contributed by atoms with E-state index in [1.807, 2.05) is 0 Å². The van der Waals surface area contributed by atoms with E-state index in [4.69, 9.17) is 9.47 Å². The van der Waals surface area contributed by atoms with E-state index in [1.54, 1.807) is 18.2 Å². The van der Waals surface area contributed by atoms with Crippen molar-refractivity contribution in [2.45, 2.75) is 49.7 Å². The third kappa shape index (κ3) is 3.20. The van der Waals surface area contributed by atoms with Crippen LogP contribution in [0, 0.1) is 11.7 Å². The van der Waals surface area contributed by atoms with E-state index >= 15 is 0 Å². The van der Waals surface area contributed by atoms with Crippen LogP contribution in [0.1, 0.15) is 37.7 Å². The van der Waals surface area contributed by atoms with Crippen molar-refractivity contribution >= 4 is 5.91 Å². The van der Waals surface area contributed by atoms with Crippen LogP contribution in [-0.4, -0.2) is 37.9 Å². The molecule has 2 saturated carbocycles. The molecule has 0 radical (unpaired) electrons. The van der Waals surface area contributed by atoms with Gasteiger partial charge in [0.25, 0.3) is 0 Å². The first kappa shape index (κ1) is 16.0. The second-order valence-corrected chi connectivity index (χ2v) is 7.32. The Labute approximate surface area is 141 Å². The molecule has 0 aromatic heterocycles. The number of ether oxygens (including phenoxy) is 2. The second-order valence-electron chi connectivity index (χ2n) is 7.32. The van der Waals surface area contributed by atoms with Gasteiger partial charge in [-0.2, -0.15) is 0 Å². The lowest BCUT2D eigenvalue weighted by atomic mass is 9.93. The Balaban J connectivity index is 1.43. The van der Waals surface area contributed by atoms with Crippen LogP contribution in [0.2, 0.25) is 0 Å². The smallest absolute Gasteiger partial charge is 0.231 e. The van der Waals surface area contributed by atoms with E-state index in [0.717, 1.165) is 13.0 Å². The molecule has 1 aromatic carbocycles. The molecule has 0 bridgehead atoms. The molecule has 0 unspecified atom stereocenters. The standard InChI is InChI=1S/C19H24FNO3/c20-15-4-2-1-3-14(15)19(8-9-19)18(22)21-16-12-23-10-7-17(16)24-11-13-5-6-13/h1-4,13,16-17H,5-12H2,(H,21,22)/t16-,17+/m1/s1. The lowest BCUT2D eigenvalue weighted by Gasteiger charge is -2.33. The van der Waals surface area contributed by atoms with Gasteiger partial charge in [-0.15, -0.1) is 0 Å². The number of carbonyl (C=O) groups is 1. The van der Waals surface area contributed by atoms with Crippen LogP contribution in [-0.2, 0) is 19.7 Å². The molecule has 4 nitrogen and oxygen atoms in total. The summed E-state index contributed by atoms with van der Waals surface area (Å²) in [6.07, 6.45) is 4.68. The summed E-state index contributed by atoms with van der Waals surface area (Å²) in [5.74, 6) is 0.298. The fourth-order valence-corrected chi connectivity index (χ4v) is 3.50. The van der Waals surface area contributed by atoms with Gasteiger partial charge in [-0.05, 0) is 44.1 Å². The Morgan fingerprint density at radius 2 is 2.08 bits per heavy atom. The highest BCUT2D eigenvalue weighted by atomic mass is 19.1. The number of halogens is 1. The summed E-state index contributed by atoms with van der Waals surface area (Å²) < 4.78 is 25.7. The molecule has 24 heavy (non-hydrogen) atoms. The van der Waals surface area contributed by atoms with Gasteiger partial charge in [0, 0.05) is 18.8 Å². The van der Waals surface area contributed by atoms with E-state index < -0.39 is 5.41 Å². The Bertz CT molecular complexity index is 612. The molecule has 1 aliphatic heterocycles. The zero-order valence-electron chi connectivity index (χ0n) is 13.8. The molecule has 2 aliphatic carbocycles. The summed E-state index contributed by atoms with van der Waals surface area (Å²) in [5, 5.41) is 3.09. The van der Waals surface area contributed by atoms with Crippen molar-refractivity contribution in [3.8, 4) is 0 Å². The molecule has 1 aromatic rings. The van der Waals surface area contributed by atoms with E-state index in [0.29, 0.717) is 37.5 Å². The van der Waals surface area contributed by atoms with Gasteiger partial charge in [0.2, 0.25) is 5.91 Å². The van der Waals surface area contributed by atoms with Crippen LogP contribution in [0.25, 0.3) is 0 Å². The summed E-state index contributed by atoms with van der Waals surface area (Å²) in [5.41, 5.74) is -0.196. The summed E-state index contributed by atoms with van der Waals surface area (Å²) in [4.78, 5) is 12.9. The average molecular weight is 333 g/mol. The van der Waals surface area contributed by atoms with Gasteiger partial charge in [0.05, 0.1) is 24.2 Å². The van der Waals surface area contributed by atoms with Gasteiger partial charge in [-0.25, -0.2) is 4.39 Å². The molecule has 1 heterocycles. The quantitative estimate of drug-likeness (QED) is 0.870. The van der Waals surface area contributed by atoms with Gasteiger partial charge < -0.3 is 14.8 Å². The van der Waals surface area contributed by atoms with Gasteiger partial charge in [0.1, 0.15) is 5.82 Å². The van der Waals surface area contributed by atoms with E-state index in [2.05, 4.69) is 5.32 Å².